The highest BCUT2D eigenvalue weighted by atomic mass is 79.9. The van der Waals surface area contributed by atoms with Crippen LogP contribution in [0.15, 0.2) is 70.2 Å². The summed E-state index contributed by atoms with van der Waals surface area (Å²) in [6.07, 6.45) is 3.36. The molecule has 0 aliphatic carbocycles. The van der Waals surface area contributed by atoms with Gasteiger partial charge in [-0.15, -0.1) is 0 Å². The molecule has 1 aromatic heterocycles. The van der Waals surface area contributed by atoms with Gasteiger partial charge in [-0.3, -0.25) is 9.89 Å². The van der Waals surface area contributed by atoms with Gasteiger partial charge in [0.2, 0.25) is 0 Å². The SMILES string of the molecule is O=C(N/N=C/C(Br)=C/c1ccccc1)c1cc(-c2ccc(F)cc2)n[nH]1. The molecule has 26 heavy (non-hydrogen) atoms. The van der Waals surface area contributed by atoms with E-state index in [2.05, 4.69) is 36.7 Å². The highest BCUT2D eigenvalue weighted by molar-refractivity contribution is 9.12. The Labute approximate surface area is 157 Å². The third-order valence-electron chi connectivity index (χ3n) is 3.42. The lowest BCUT2D eigenvalue weighted by Crippen LogP contribution is -2.17. The van der Waals surface area contributed by atoms with Crippen LogP contribution >= 0.6 is 15.9 Å². The molecule has 2 aromatic carbocycles. The molecule has 1 heterocycles. The Morgan fingerprint density at radius 2 is 1.88 bits per heavy atom. The molecule has 0 atom stereocenters. The van der Waals surface area contributed by atoms with Crippen LogP contribution in [0.1, 0.15) is 16.1 Å². The molecule has 0 fully saturated rings. The maximum absolute atomic E-state index is 13.0. The molecule has 0 saturated carbocycles. The van der Waals surface area contributed by atoms with Crippen molar-refractivity contribution in [1.29, 1.82) is 0 Å². The lowest BCUT2D eigenvalue weighted by atomic mass is 10.1. The van der Waals surface area contributed by atoms with Crippen LogP contribution in [0.25, 0.3) is 17.3 Å². The van der Waals surface area contributed by atoms with E-state index in [1.54, 1.807) is 18.2 Å². The van der Waals surface area contributed by atoms with Gasteiger partial charge < -0.3 is 0 Å². The minimum atomic E-state index is -0.429. The molecular formula is C19H14BrFN4O. The number of carbonyl (C=O) groups excluding carboxylic acids is 1. The number of nitrogens with one attached hydrogen (secondary N) is 2. The Kier molecular flexibility index (Phi) is 5.70. The van der Waals surface area contributed by atoms with Crippen LogP contribution in [-0.2, 0) is 0 Å². The first-order valence-electron chi connectivity index (χ1n) is 7.69. The van der Waals surface area contributed by atoms with Crippen molar-refractivity contribution in [3.05, 3.63) is 82.2 Å². The van der Waals surface area contributed by atoms with Crippen molar-refractivity contribution in [2.24, 2.45) is 5.10 Å². The zero-order chi connectivity index (χ0) is 18.4. The highest BCUT2D eigenvalue weighted by Gasteiger charge is 2.10. The van der Waals surface area contributed by atoms with E-state index in [9.17, 15) is 9.18 Å². The average Bonchev–Trinajstić information content (AvgIpc) is 3.13. The van der Waals surface area contributed by atoms with E-state index in [4.69, 9.17) is 0 Å². The maximum atomic E-state index is 13.0. The smallest absolute Gasteiger partial charge is 0.272 e. The summed E-state index contributed by atoms with van der Waals surface area (Å²) in [6, 6.07) is 17.1. The molecule has 0 radical (unpaired) electrons. The average molecular weight is 413 g/mol. The van der Waals surface area contributed by atoms with Crippen LogP contribution in [0.3, 0.4) is 0 Å². The number of allylic oxidation sites excluding steroid dienone is 1. The minimum absolute atomic E-state index is 0.254. The van der Waals surface area contributed by atoms with Crippen molar-refractivity contribution in [3.63, 3.8) is 0 Å². The number of benzene rings is 2. The Morgan fingerprint density at radius 1 is 1.15 bits per heavy atom. The van der Waals surface area contributed by atoms with E-state index in [0.29, 0.717) is 15.7 Å². The number of halogens is 2. The van der Waals surface area contributed by atoms with E-state index >= 15 is 0 Å². The molecule has 7 heteroatoms. The highest BCUT2D eigenvalue weighted by Crippen LogP contribution is 2.18. The summed E-state index contributed by atoms with van der Waals surface area (Å²) in [7, 11) is 0. The van der Waals surface area contributed by atoms with Crippen molar-refractivity contribution in [1.82, 2.24) is 15.6 Å². The molecule has 0 unspecified atom stereocenters. The Bertz CT molecular complexity index is 949. The molecule has 0 bridgehead atoms. The molecule has 2 N–H and O–H groups in total. The molecule has 3 rings (SSSR count). The number of hydrazone groups is 1. The van der Waals surface area contributed by atoms with Gasteiger partial charge in [-0.25, -0.2) is 9.82 Å². The normalized spacial score (nSPS) is 11.7. The van der Waals surface area contributed by atoms with Gasteiger partial charge in [0.05, 0.1) is 11.9 Å². The van der Waals surface area contributed by atoms with E-state index in [0.717, 1.165) is 5.56 Å². The third kappa shape index (κ3) is 4.73. The summed E-state index contributed by atoms with van der Waals surface area (Å²) in [5, 5.41) is 10.6. The molecule has 0 aliphatic heterocycles. The molecule has 1 amide bonds. The lowest BCUT2D eigenvalue weighted by Gasteiger charge is -1.96. The molecule has 3 aromatic rings. The Hall–Kier alpha value is -3.06. The van der Waals surface area contributed by atoms with Gasteiger partial charge in [0, 0.05) is 10.0 Å². The molecule has 130 valence electrons. The number of H-pyrrole nitrogens is 1. The summed E-state index contributed by atoms with van der Waals surface area (Å²) in [5.41, 5.74) is 4.93. The zero-order valence-corrected chi connectivity index (χ0v) is 15.1. The van der Waals surface area contributed by atoms with E-state index < -0.39 is 5.91 Å². The first kappa shape index (κ1) is 17.8. The van der Waals surface area contributed by atoms with Crippen molar-refractivity contribution in [3.8, 4) is 11.3 Å². The lowest BCUT2D eigenvalue weighted by molar-refractivity contribution is 0.0950. The van der Waals surface area contributed by atoms with Crippen LogP contribution in [-0.4, -0.2) is 22.3 Å². The van der Waals surface area contributed by atoms with Crippen LogP contribution in [0.2, 0.25) is 0 Å². The number of hydrogen-bond donors (Lipinski definition) is 2. The fourth-order valence-corrected chi connectivity index (χ4v) is 2.53. The van der Waals surface area contributed by atoms with Gasteiger partial charge in [-0.1, -0.05) is 30.3 Å². The number of rotatable bonds is 5. The van der Waals surface area contributed by atoms with E-state index in [-0.39, 0.29) is 11.5 Å². The number of carbonyl (C=O) groups is 1. The number of aromatic amines is 1. The molecule has 0 saturated heterocycles. The van der Waals surface area contributed by atoms with Crippen LogP contribution < -0.4 is 5.43 Å². The number of aromatic nitrogens is 2. The number of nitrogens with zero attached hydrogens (tertiary/aromatic N) is 2. The molecule has 0 aliphatic rings. The second kappa shape index (κ2) is 8.35. The summed E-state index contributed by atoms with van der Waals surface area (Å²) in [4.78, 5) is 12.1. The molecule has 5 nitrogen and oxygen atoms in total. The second-order valence-electron chi connectivity index (χ2n) is 5.31. The van der Waals surface area contributed by atoms with E-state index in [1.807, 2.05) is 36.4 Å². The first-order valence-corrected chi connectivity index (χ1v) is 8.48. The second-order valence-corrected chi connectivity index (χ2v) is 6.23. The van der Waals surface area contributed by atoms with Crippen molar-refractivity contribution < 1.29 is 9.18 Å². The number of hydrogen-bond acceptors (Lipinski definition) is 3. The van der Waals surface area contributed by atoms with Crippen molar-refractivity contribution in [2.75, 3.05) is 0 Å². The van der Waals surface area contributed by atoms with Gasteiger partial charge >= 0.3 is 0 Å². The largest absolute Gasteiger partial charge is 0.289 e. The standard InChI is InChI=1S/C19H14BrFN4O/c20-15(10-13-4-2-1-3-5-13)12-22-25-19(26)18-11-17(23-24-18)14-6-8-16(21)9-7-14/h1-12H,(H,23,24)(H,25,26)/b15-10-,22-12+. The van der Waals surface area contributed by atoms with Gasteiger partial charge in [-0.2, -0.15) is 10.2 Å². The van der Waals surface area contributed by atoms with Crippen molar-refractivity contribution in [2.45, 2.75) is 0 Å². The Balaban J connectivity index is 1.62. The topological polar surface area (TPSA) is 70.1 Å². The molecular weight excluding hydrogens is 399 g/mol. The summed E-state index contributed by atoms with van der Waals surface area (Å²) >= 11 is 3.37. The quantitative estimate of drug-likeness (QED) is 0.482. The van der Waals surface area contributed by atoms with Gasteiger partial charge in [0.1, 0.15) is 11.5 Å². The predicted octanol–water partition coefficient (Wildman–Crippen LogP) is 4.37. The van der Waals surface area contributed by atoms with Crippen LogP contribution in [0.5, 0.6) is 0 Å². The number of amides is 1. The van der Waals surface area contributed by atoms with Crippen LogP contribution in [0, 0.1) is 5.82 Å². The fourth-order valence-electron chi connectivity index (χ4n) is 2.17. The zero-order valence-electron chi connectivity index (χ0n) is 13.5. The fraction of sp³-hybridized carbons (Fsp3) is 0. The third-order valence-corrected chi connectivity index (χ3v) is 3.85. The Morgan fingerprint density at radius 3 is 2.62 bits per heavy atom. The summed E-state index contributed by atoms with van der Waals surface area (Å²) in [6.45, 7) is 0. The maximum Gasteiger partial charge on any atom is 0.289 e. The van der Waals surface area contributed by atoms with Crippen molar-refractivity contribution >= 4 is 34.1 Å². The predicted molar refractivity (Wildman–Crippen MR) is 103 cm³/mol. The summed E-state index contributed by atoms with van der Waals surface area (Å²) in [5.74, 6) is -0.757. The summed E-state index contributed by atoms with van der Waals surface area (Å²) < 4.78 is 13.7. The minimum Gasteiger partial charge on any atom is -0.272 e. The van der Waals surface area contributed by atoms with Gasteiger partial charge in [0.15, 0.2) is 0 Å². The van der Waals surface area contributed by atoms with E-state index in [1.165, 1.54) is 18.3 Å². The van der Waals surface area contributed by atoms with Gasteiger partial charge in [0.25, 0.3) is 5.91 Å². The first-order chi connectivity index (χ1) is 12.6. The monoisotopic (exact) mass is 412 g/mol. The molecule has 0 spiro atoms. The van der Waals surface area contributed by atoms with Crippen LogP contribution in [0.4, 0.5) is 4.39 Å². The van der Waals surface area contributed by atoms with Gasteiger partial charge in [-0.05, 0) is 57.9 Å².